The van der Waals surface area contributed by atoms with Crippen LogP contribution >= 0.6 is 0 Å². The lowest BCUT2D eigenvalue weighted by Gasteiger charge is -2.34. The Morgan fingerprint density at radius 3 is 2.44 bits per heavy atom. The fourth-order valence-corrected chi connectivity index (χ4v) is 2.69. The summed E-state index contributed by atoms with van der Waals surface area (Å²) in [6.45, 7) is 4.34. The highest BCUT2D eigenvalue weighted by atomic mass is 15.2. The van der Waals surface area contributed by atoms with Crippen LogP contribution in [0.1, 0.15) is 51.1 Å². The molecule has 0 saturated heterocycles. The maximum absolute atomic E-state index is 5.84. The maximum Gasteiger partial charge on any atom is 0.128 e. The molecule has 0 amide bonds. The normalized spacial score (nSPS) is 25.8. The van der Waals surface area contributed by atoms with Crippen LogP contribution in [0.4, 0.5) is 5.82 Å². The molecule has 3 heteroatoms. The van der Waals surface area contributed by atoms with E-state index in [0.717, 1.165) is 17.3 Å². The van der Waals surface area contributed by atoms with Crippen molar-refractivity contribution in [1.29, 1.82) is 0 Å². The highest BCUT2D eigenvalue weighted by molar-refractivity contribution is 5.40. The molecule has 1 unspecified atom stereocenters. The minimum atomic E-state index is 0.0624. The van der Waals surface area contributed by atoms with Gasteiger partial charge in [-0.15, -0.1) is 0 Å². The first kappa shape index (κ1) is 13.3. The molecule has 0 spiro atoms. The Morgan fingerprint density at radius 1 is 1.28 bits per heavy atom. The van der Waals surface area contributed by atoms with Crippen LogP contribution in [-0.4, -0.2) is 18.1 Å². The summed E-state index contributed by atoms with van der Waals surface area (Å²) in [7, 11) is 2.16. The van der Waals surface area contributed by atoms with Crippen LogP contribution in [-0.2, 0) is 0 Å². The largest absolute Gasteiger partial charge is 0.357 e. The maximum atomic E-state index is 5.84. The van der Waals surface area contributed by atoms with Gasteiger partial charge in [0.25, 0.3) is 0 Å². The minimum absolute atomic E-state index is 0.0624. The predicted molar refractivity (Wildman–Crippen MR) is 76.7 cm³/mol. The highest BCUT2D eigenvalue weighted by Gasteiger charge is 2.22. The Morgan fingerprint density at radius 2 is 1.94 bits per heavy atom. The number of hydrogen-bond acceptors (Lipinski definition) is 3. The Bertz CT molecular complexity index is 364. The van der Waals surface area contributed by atoms with Gasteiger partial charge in [-0.05, 0) is 50.2 Å². The van der Waals surface area contributed by atoms with Crippen LogP contribution in [0.3, 0.4) is 0 Å². The molecule has 1 aromatic rings. The molecule has 1 fully saturated rings. The summed E-state index contributed by atoms with van der Waals surface area (Å²) in [4.78, 5) is 6.87. The van der Waals surface area contributed by atoms with E-state index >= 15 is 0 Å². The summed E-state index contributed by atoms with van der Waals surface area (Å²) in [6.07, 6.45) is 7.16. The number of aromatic nitrogens is 1. The molecule has 1 heterocycles. The summed E-state index contributed by atoms with van der Waals surface area (Å²) in [5.41, 5.74) is 6.95. The van der Waals surface area contributed by atoms with E-state index in [0.29, 0.717) is 6.04 Å². The van der Waals surface area contributed by atoms with E-state index in [-0.39, 0.29) is 6.04 Å². The van der Waals surface area contributed by atoms with E-state index in [9.17, 15) is 0 Å². The molecule has 100 valence electrons. The molecule has 3 nitrogen and oxygen atoms in total. The number of anilines is 1. The monoisotopic (exact) mass is 247 g/mol. The molecule has 1 saturated carbocycles. The SMILES string of the molecule is CC1CCC(N(C)c2ccc(C(C)N)cn2)CC1. The van der Waals surface area contributed by atoms with E-state index < -0.39 is 0 Å². The molecule has 0 radical (unpaired) electrons. The lowest BCUT2D eigenvalue weighted by atomic mass is 9.87. The van der Waals surface area contributed by atoms with Crippen molar-refractivity contribution in [3.63, 3.8) is 0 Å². The molecule has 1 aliphatic carbocycles. The van der Waals surface area contributed by atoms with Gasteiger partial charge in [-0.1, -0.05) is 13.0 Å². The number of nitrogens with zero attached hydrogens (tertiary/aromatic N) is 2. The second-order valence-corrected chi connectivity index (χ2v) is 5.76. The minimum Gasteiger partial charge on any atom is -0.357 e. The van der Waals surface area contributed by atoms with E-state index in [2.05, 4.69) is 36.0 Å². The molecule has 1 aliphatic rings. The standard InChI is InChI=1S/C15H25N3/c1-11-4-7-14(8-5-11)18(3)15-9-6-13(10-17-15)12(2)16/h6,9-12,14H,4-5,7-8,16H2,1-3H3. The summed E-state index contributed by atoms with van der Waals surface area (Å²) >= 11 is 0. The van der Waals surface area contributed by atoms with Crippen molar-refractivity contribution in [2.24, 2.45) is 11.7 Å². The lowest BCUT2D eigenvalue weighted by Crippen LogP contribution is -2.35. The fourth-order valence-electron chi connectivity index (χ4n) is 2.69. The van der Waals surface area contributed by atoms with E-state index in [1.807, 2.05) is 13.1 Å². The first-order valence-corrected chi connectivity index (χ1v) is 7.02. The first-order chi connectivity index (χ1) is 8.58. The quantitative estimate of drug-likeness (QED) is 0.892. The van der Waals surface area contributed by atoms with Crippen LogP contribution < -0.4 is 10.6 Å². The van der Waals surface area contributed by atoms with Gasteiger partial charge in [-0.25, -0.2) is 4.98 Å². The third kappa shape index (κ3) is 3.02. The van der Waals surface area contributed by atoms with Gasteiger partial charge in [0.15, 0.2) is 0 Å². The van der Waals surface area contributed by atoms with Gasteiger partial charge in [0, 0.05) is 25.3 Å². The number of hydrogen-bond donors (Lipinski definition) is 1. The molecular weight excluding hydrogens is 222 g/mol. The smallest absolute Gasteiger partial charge is 0.128 e. The molecule has 1 aromatic heterocycles. The average Bonchev–Trinajstić information content (AvgIpc) is 2.39. The van der Waals surface area contributed by atoms with Crippen LogP contribution in [0.5, 0.6) is 0 Å². The van der Waals surface area contributed by atoms with Crippen LogP contribution in [0.15, 0.2) is 18.3 Å². The summed E-state index contributed by atoms with van der Waals surface area (Å²) < 4.78 is 0. The number of rotatable bonds is 3. The zero-order valence-corrected chi connectivity index (χ0v) is 11.8. The van der Waals surface area contributed by atoms with Crippen LogP contribution in [0.2, 0.25) is 0 Å². The van der Waals surface area contributed by atoms with Gasteiger partial charge >= 0.3 is 0 Å². The van der Waals surface area contributed by atoms with Gasteiger partial charge in [0.2, 0.25) is 0 Å². The van der Waals surface area contributed by atoms with Crippen LogP contribution in [0, 0.1) is 5.92 Å². The van der Waals surface area contributed by atoms with Gasteiger partial charge in [-0.2, -0.15) is 0 Å². The van der Waals surface area contributed by atoms with E-state index in [1.54, 1.807) is 0 Å². The second-order valence-electron chi connectivity index (χ2n) is 5.76. The van der Waals surface area contributed by atoms with Crippen LogP contribution in [0.25, 0.3) is 0 Å². The van der Waals surface area contributed by atoms with Gasteiger partial charge in [-0.3, -0.25) is 0 Å². The zero-order chi connectivity index (χ0) is 13.1. The first-order valence-electron chi connectivity index (χ1n) is 7.02. The molecular formula is C15H25N3. The topological polar surface area (TPSA) is 42.1 Å². The van der Waals surface area contributed by atoms with Crippen molar-refractivity contribution in [1.82, 2.24) is 4.98 Å². The molecule has 0 aliphatic heterocycles. The molecule has 0 aromatic carbocycles. The van der Waals surface area contributed by atoms with Gasteiger partial charge < -0.3 is 10.6 Å². The van der Waals surface area contributed by atoms with Crippen molar-refractivity contribution in [2.45, 2.75) is 51.6 Å². The predicted octanol–water partition coefficient (Wildman–Crippen LogP) is 3.12. The van der Waals surface area contributed by atoms with Crippen molar-refractivity contribution in [3.05, 3.63) is 23.9 Å². The third-order valence-electron chi connectivity index (χ3n) is 4.19. The Balaban J connectivity index is 2.02. The number of nitrogens with two attached hydrogens (primary N) is 1. The number of pyridine rings is 1. The van der Waals surface area contributed by atoms with E-state index in [4.69, 9.17) is 5.73 Å². The average molecular weight is 247 g/mol. The summed E-state index contributed by atoms with van der Waals surface area (Å²) in [6, 6.07) is 4.90. The Kier molecular flexibility index (Phi) is 4.23. The molecule has 2 rings (SSSR count). The third-order valence-corrected chi connectivity index (χ3v) is 4.19. The van der Waals surface area contributed by atoms with E-state index in [1.165, 1.54) is 25.7 Å². The van der Waals surface area contributed by atoms with Crippen molar-refractivity contribution in [2.75, 3.05) is 11.9 Å². The van der Waals surface area contributed by atoms with Gasteiger partial charge in [0.1, 0.15) is 5.82 Å². The molecule has 1 atom stereocenters. The summed E-state index contributed by atoms with van der Waals surface area (Å²) in [5, 5.41) is 0. The Labute approximate surface area is 110 Å². The highest BCUT2D eigenvalue weighted by Crippen LogP contribution is 2.28. The second kappa shape index (κ2) is 5.70. The summed E-state index contributed by atoms with van der Waals surface area (Å²) in [5.74, 6) is 1.96. The molecule has 0 bridgehead atoms. The molecule has 18 heavy (non-hydrogen) atoms. The molecule has 2 N–H and O–H groups in total. The fraction of sp³-hybridized carbons (Fsp3) is 0.667. The van der Waals surface area contributed by atoms with Gasteiger partial charge in [0.05, 0.1) is 0 Å². The van der Waals surface area contributed by atoms with Crippen molar-refractivity contribution in [3.8, 4) is 0 Å². The lowest BCUT2D eigenvalue weighted by molar-refractivity contribution is 0.340. The Hall–Kier alpha value is -1.09. The van der Waals surface area contributed by atoms with Crippen molar-refractivity contribution >= 4 is 5.82 Å². The zero-order valence-electron chi connectivity index (χ0n) is 11.8. The van der Waals surface area contributed by atoms with Crippen molar-refractivity contribution < 1.29 is 0 Å².